The second-order valence-corrected chi connectivity index (χ2v) is 5.85. The van der Waals surface area contributed by atoms with Crippen LogP contribution in [0.5, 0.6) is 0 Å². The average Bonchev–Trinajstić information content (AvgIpc) is 3.03. The lowest BCUT2D eigenvalue weighted by molar-refractivity contribution is 0.750. The van der Waals surface area contributed by atoms with Crippen LogP contribution in [0, 0.1) is 11.3 Å². The Labute approximate surface area is 130 Å². The molecule has 1 aliphatic heterocycles. The molecule has 1 atom stereocenters. The van der Waals surface area contributed by atoms with Gasteiger partial charge in [-0.25, -0.2) is 4.98 Å². The Hall–Kier alpha value is -2.11. The molecule has 1 unspecified atom stereocenters. The quantitative estimate of drug-likeness (QED) is 0.839. The van der Waals surface area contributed by atoms with E-state index in [1.54, 1.807) is 12.3 Å². The lowest BCUT2D eigenvalue weighted by Gasteiger charge is -2.14. The summed E-state index contributed by atoms with van der Waals surface area (Å²) in [6.07, 6.45) is 2.54. The molecule has 2 aromatic rings. The maximum atomic E-state index is 9.36. The largest absolute Gasteiger partial charge is 0.382 e. The van der Waals surface area contributed by atoms with Crippen molar-refractivity contribution >= 4 is 27.6 Å². The summed E-state index contributed by atoms with van der Waals surface area (Å²) in [5, 5.41) is 13.8. The summed E-state index contributed by atoms with van der Waals surface area (Å²) in [6, 6.07) is 5.87. The number of aromatic nitrogens is 3. The number of anilines is 2. The summed E-state index contributed by atoms with van der Waals surface area (Å²) in [7, 11) is 0. The van der Waals surface area contributed by atoms with Crippen LogP contribution in [0.3, 0.4) is 0 Å². The Morgan fingerprint density at radius 3 is 2.81 bits per heavy atom. The minimum atomic E-state index is 0.105. The third-order valence-corrected chi connectivity index (χ3v) is 3.94. The Bertz CT molecular complexity index is 701. The molecule has 0 radical (unpaired) electrons. The molecule has 0 saturated carbocycles. The van der Waals surface area contributed by atoms with Crippen molar-refractivity contribution in [3.63, 3.8) is 0 Å². The highest BCUT2D eigenvalue weighted by atomic mass is 79.9. The first-order valence-corrected chi connectivity index (χ1v) is 7.30. The van der Waals surface area contributed by atoms with Crippen LogP contribution < -0.4 is 16.4 Å². The number of hydrogen-bond donors (Lipinski definition) is 2. The highest BCUT2D eigenvalue weighted by molar-refractivity contribution is 9.10. The van der Waals surface area contributed by atoms with E-state index < -0.39 is 0 Å². The van der Waals surface area contributed by atoms with Crippen LogP contribution in [0.1, 0.15) is 12.0 Å². The molecule has 0 spiro atoms. The lowest BCUT2D eigenvalue weighted by atomic mass is 10.3. The predicted octanol–water partition coefficient (Wildman–Crippen LogP) is 1.02. The van der Waals surface area contributed by atoms with Gasteiger partial charge in [-0.15, -0.1) is 5.10 Å². The van der Waals surface area contributed by atoms with Crippen molar-refractivity contribution in [2.45, 2.75) is 12.5 Å². The van der Waals surface area contributed by atoms with E-state index in [1.165, 1.54) is 4.68 Å². The molecule has 108 valence electrons. The van der Waals surface area contributed by atoms with Gasteiger partial charge in [0.15, 0.2) is 11.6 Å². The topological polar surface area (TPSA) is 110 Å². The molecule has 21 heavy (non-hydrogen) atoms. The zero-order chi connectivity index (χ0) is 15.0. The van der Waals surface area contributed by atoms with Gasteiger partial charge in [-0.05, 0) is 34.5 Å². The Balaban J connectivity index is 2.05. The van der Waals surface area contributed by atoms with Gasteiger partial charge in [0.1, 0.15) is 17.5 Å². The summed E-state index contributed by atoms with van der Waals surface area (Å²) in [6.45, 7) is 1.46. The van der Waals surface area contributed by atoms with Crippen molar-refractivity contribution in [2.24, 2.45) is 5.73 Å². The first-order valence-electron chi connectivity index (χ1n) is 6.51. The van der Waals surface area contributed by atoms with Gasteiger partial charge in [-0.3, -0.25) is 0 Å². The number of nitrogens with two attached hydrogens (primary N) is 2. The van der Waals surface area contributed by atoms with Gasteiger partial charge in [0.2, 0.25) is 0 Å². The molecule has 3 rings (SSSR count). The highest BCUT2D eigenvalue weighted by Crippen LogP contribution is 2.28. The van der Waals surface area contributed by atoms with Crippen molar-refractivity contribution < 1.29 is 0 Å². The highest BCUT2D eigenvalue weighted by Gasteiger charge is 2.27. The van der Waals surface area contributed by atoms with E-state index in [4.69, 9.17) is 11.5 Å². The first kappa shape index (κ1) is 13.9. The predicted molar refractivity (Wildman–Crippen MR) is 83.0 cm³/mol. The van der Waals surface area contributed by atoms with Gasteiger partial charge in [0, 0.05) is 29.8 Å². The first-order chi connectivity index (χ1) is 10.1. The van der Waals surface area contributed by atoms with Gasteiger partial charge in [-0.1, -0.05) is 0 Å². The van der Waals surface area contributed by atoms with E-state index in [1.807, 2.05) is 11.0 Å². The van der Waals surface area contributed by atoms with Crippen LogP contribution >= 0.6 is 15.9 Å². The van der Waals surface area contributed by atoms with E-state index in [0.29, 0.717) is 29.6 Å². The fourth-order valence-corrected chi connectivity index (χ4v) is 2.63. The van der Waals surface area contributed by atoms with E-state index in [2.05, 4.69) is 32.1 Å². The van der Waals surface area contributed by atoms with E-state index in [-0.39, 0.29) is 6.04 Å². The van der Waals surface area contributed by atoms with Crippen LogP contribution in [0.4, 0.5) is 11.6 Å². The third kappa shape index (κ3) is 2.46. The van der Waals surface area contributed by atoms with Crippen LogP contribution in [-0.2, 0) is 0 Å². The fraction of sp³-hybridized carbons (Fsp3) is 0.308. The molecule has 4 N–H and O–H groups in total. The monoisotopic (exact) mass is 347 g/mol. The molecule has 1 aliphatic rings. The lowest BCUT2D eigenvalue weighted by Crippen LogP contribution is -2.27. The zero-order valence-corrected chi connectivity index (χ0v) is 12.8. The van der Waals surface area contributed by atoms with Crippen LogP contribution in [0.15, 0.2) is 22.8 Å². The molecule has 3 heterocycles. The molecule has 1 fully saturated rings. The zero-order valence-electron chi connectivity index (χ0n) is 11.2. The molecule has 7 nitrogen and oxygen atoms in total. The molecule has 0 amide bonds. The standard InChI is InChI=1S/C13H14BrN7/c14-8-1-2-11(18-6-8)21-12(17)10(5-15)13(19-21)20-4-3-9(16)7-20/h1-2,6,9H,3-4,7,16-17H2. The molecule has 0 bridgehead atoms. The summed E-state index contributed by atoms with van der Waals surface area (Å²) in [5.41, 5.74) is 12.3. The van der Waals surface area contributed by atoms with E-state index in [0.717, 1.165) is 17.4 Å². The van der Waals surface area contributed by atoms with Crippen molar-refractivity contribution in [2.75, 3.05) is 23.7 Å². The molecule has 8 heteroatoms. The maximum Gasteiger partial charge on any atom is 0.171 e. The SMILES string of the molecule is N#Cc1c(N2CCC(N)C2)nn(-c2ccc(Br)cn2)c1N. The molecule has 1 saturated heterocycles. The van der Waals surface area contributed by atoms with Gasteiger partial charge in [0.25, 0.3) is 0 Å². The second-order valence-electron chi connectivity index (χ2n) is 4.94. The maximum absolute atomic E-state index is 9.36. The summed E-state index contributed by atoms with van der Waals surface area (Å²) >= 11 is 3.33. The van der Waals surface area contributed by atoms with Gasteiger partial charge in [-0.2, -0.15) is 9.94 Å². The van der Waals surface area contributed by atoms with E-state index >= 15 is 0 Å². The summed E-state index contributed by atoms with van der Waals surface area (Å²) < 4.78 is 2.35. The number of halogens is 1. The number of hydrogen-bond acceptors (Lipinski definition) is 6. The molecule has 0 aromatic carbocycles. The summed E-state index contributed by atoms with van der Waals surface area (Å²) in [5.74, 6) is 1.44. The summed E-state index contributed by atoms with van der Waals surface area (Å²) in [4.78, 5) is 6.26. The number of pyridine rings is 1. The molecular weight excluding hydrogens is 334 g/mol. The minimum Gasteiger partial charge on any atom is -0.382 e. The van der Waals surface area contributed by atoms with Gasteiger partial charge < -0.3 is 16.4 Å². The van der Waals surface area contributed by atoms with Gasteiger partial charge in [0.05, 0.1) is 0 Å². The Morgan fingerprint density at radius 1 is 1.43 bits per heavy atom. The van der Waals surface area contributed by atoms with Crippen molar-refractivity contribution in [1.29, 1.82) is 5.26 Å². The fourth-order valence-electron chi connectivity index (χ4n) is 2.40. The Kier molecular flexibility index (Phi) is 3.53. The van der Waals surface area contributed by atoms with Crippen LogP contribution in [0.2, 0.25) is 0 Å². The minimum absolute atomic E-state index is 0.105. The normalized spacial score (nSPS) is 18.0. The average molecular weight is 348 g/mol. The number of nitrogens with zero attached hydrogens (tertiary/aromatic N) is 5. The van der Waals surface area contributed by atoms with Crippen molar-refractivity contribution in [1.82, 2.24) is 14.8 Å². The second kappa shape index (κ2) is 5.35. The number of rotatable bonds is 2. The van der Waals surface area contributed by atoms with Crippen molar-refractivity contribution in [3.05, 3.63) is 28.4 Å². The molecular formula is C13H14BrN7. The molecule has 0 aliphatic carbocycles. The van der Waals surface area contributed by atoms with Crippen LogP contribution in [0.25, 0.3) is 5.82 Å². The Morgan fingerprint density at radius 2 is 2.24 bits per heavy atom. The molecule has 2 aromatic heterocycles. The van der Waals surface area contributed by atoms with Crippen LogP contribution in [-0.4, -0.2) is 33.9 Å². The smallest absolute Gasteiger partial charge is 0.171 e. The van der Waals surface area contributed by atoms with Crippen molar-refractivity contribution in [3.8, 4) is 11.9 Å². The third-order valence-electron chi connectivity index (χ3n) is 3.47. The van der Waals surface area contributed by atoms with Gasteiger partial charge >= 0.3 is 0 Å². The number of nitrogen functional groups attached to an aromatic ring is 1. The number of nitriles is 1. The van der Waals surface area contributed by atoms with E-state index in [9.17, 15) is 5.26 Å².